The molecule has 0 aliphatic rings. The van der Waals surface area contributed by atoms with Crippen LogP contribution in [0.15, 0.2) is 54.6 Å². The van der Waals surface area contributed by atoms with E-state index in [-0.39, 0.29) is 35.6 Å². The molecular formula is C17H15N5O3. The number of anilines is 3. The number of rotatable bonds is 5. The van der Waals surface area contributed by atoms with E-state index >= 15 is 0 Å². The van der Waals surface area contributed by atoms with Crippen molar-refractivity contribution in [1.82, 2.24) is 15.0 Å². The van der Waals surface area contributed by atoms with Crippen molar-refractivity contribution in [2.45, 2.75) is 6.61 Å². The first-order valence-corrected chi connectivity index (χ1v) is 7.39. The monoisotopic (exact) mass is 337 g/mol. The largest absolute Gasteiger partial charge is 0.507 e. The second-order valence-electron chi connectivity index (χ2n) is 5.02. The van der Waals surface area contributed by atoms with Gasteiger partial charge < -0.3 is 20.9 Å². The van der Waals surface area contributed by atoms with Gasteiger partial charge in [-0.15, -0.1) is 0 Å². The third-order valence-corrected chi connectivity index (χ3v) is 3.19. The molecule has 0 atom stereocenters. The Morgan fingerprint density at radius 2 is 1.76 bits per heavy atom. The number of aromatic nitrogens is 3. The molecule has 8 heteroatoms. The van der Waals surface area contributed by atoms with Crippen molar-refractivity contribution < 1.29 is 14.6 Å². The van der Waals surface area contributed by atoms with Gasteiger partial charge in [-0.3, -0.25) is 0 Å². The smallest absolute Gasteiger partial charge is 0.342 e. The zero-order valence-electron chi connectivity index (χ0n) is 13.1. The number of aromatic hydroxyl groups is 1. The number of nitrogens with zero attached hydrogens (tertiary/aromatic N) is 3. The molecule has 0 bridgehead atoms. The molecule has 0 aliphatic carbocycles. The predicted octanol–water partition coefficient (Wildman–Crippen LogP) is 2.26. The quantitative estimate of drug-likeness (QED) is 0.606. The Labute approximate surface area is 143 Å². The van der Waals surface area contributed by atoms with Crippen LogP contribution >= 0.6 is 0 Å². The number of phenolic OH excluding ortho intramolecular Hbond substituents is 1. The maximum absolute atomic E-state index is 12.0. The molecular weight excluding hydrogens is 322 g/mol. The van der Waals surface area contributed by atoms with Crippen molar-refractivity contribution in [1.29, 1.82) is 0 Å². The van der Waals surface area contributed by atoms with Gasteiger partial charge >= 0.3 is 5.97 Å². The van der Waals surface area contributed by atoms with Crippen molar-refractivity contribution in [2.75, 3.05) is 11.1 Å². The lowest BCUT2D eigenvalue weighted by molar-refractivity contribution is 0.0459. The summed E-state index contributed by atoms with van der Waals surface area (Å²) in [5.41, 5.74) is 6.52. The number of hydrogen-bond donors (Lipinski definition) is 3. The van der Waals surface area contributed by atoms with Gasteiger partial charge in [0.1, 0.15) is 11.3 Å². The first kappa shape index (κ1) is 16.2. The van der Waals surface area contributed by atoms with Crippen molar-refractivity contribution >= 4 is 23.6 Å². The van der Waals surface area contributed by atoms with Crippen molar-refractivity contribution in [3.8, 4) is 5.75 Å². The molecule has 1 heterocycles. The Hall–Kier alpha value is -3.68. The van der Waals surface area contributed by atoms with Crippen LogP contribution in [0, 0.1) is 0 Å². The SMILES string of the molecule is Nc1nc(COC(=O)c2ccccc2O)nc(Nc2ccccc2)n1. The lowest BCUT2D eigenvalue weighted by Gasteiger charge is -2.08. The molecule has 2 aromatic carbocycles. The summed E-state index contributed by atoms with van der Waals surface area (Å²) in [6, 6.07) is 15.4. The van der Waals surface area contributed by atoms with Gasteiger partial charge in [-0.1, -0.05) is 30.3 Å². The number of hydrogen-bond acceptors (Lipinski definition) is 8. The standard InChI is InChI=1S/C17H15N5O3/c18-16-20-14(10-25-15(24)12-8-4-5-9-13(12)23)21-17(22-16)19-11-6-2-1-3-7-11/h1-9,23H,10H2,(H3,18,19,20,21,22). The minimum atomic E-state index is -0.686. The molecule has 0 unspecified atom stereocenters. The van der Waals surface area contributed by atoms with Crippen LogP contribution < -0.4 is 11.1 Å². The van der Waals surface area contributed by atoms with Crippen molar-refractivity contribution in [3.63, 3.8) is 0 Å². The highest BCUT2D eigenvalue weighted by molar-refractivity contribution is 5.92. The highest BCUT2D eigenvalue weighted by Gasteiger charge is 2.13. The van der Waals surface area contributed by atoms with E-state index in [1.54, 1.807) is 12.1 Å². The second kappa shape index (κ2) is 7.26. The van der Waals surface area contributed by atoms with Gasteiger partial charge in [0.25, 0.3) is 0 Å². The zero-order valence-corrected chi connectivity index (χ0v) is 13.1. The van der Waals surface area contributed by atoms with E-state index in [1.165, 1.54) is 12.1 Å². The third kappa shape index (κ3) is 4.20. The van der Waals surface area contributed by atoms with Gasteiger partial charge in [-0.2, -0.15) is 15.0 Å². The van der Waals surface area contributed by atoms with Crippen LogP contribution in [0.25, 0.3) is 0 Å². The Morgan fingerprint density at radius 1 is 1.04 bits per heavy atom. The summed E-state index contributed by atoms with van der Waals surface area (Å²) in [6.45, 7) is -0.205. The van der Waals surface area contributed by atoms with E-state index in [4.69, 9.17) is 10.5 Å². The molecule has 8 nitrogen and oxygen atoms in total. The summed E-state index contributed by atoms with van der Waals surface area (Å²) in [7, 11) is 0. The van der Waals surface area contributed by atoms with E-state index in [2.05, 4.69) is 20.3 Å². The lowest BCUT2D eigenvalue weighted by atomic mass is 10.2. The van der Waals surface area contributed by atoms with Gasteiger partial charge in [0.15, 0.2) is 12.4 Å². The number of nitrogen functional groups attached to an aromatic ring is 1. The normalized spacial score (nSPS) is 10.2. The number of esters is 1. The van der Waals surface area contributed by atoms with Gasteiger partial charge in [0.2, 0.25) is 11.9 Å². The fourth-order valence-electron chi connectivity index (χ4n) is 2.06. The minimum Gasteiger partial charge on any atom is -0.507 e. The molecule has 25 heavy (non-hydrogen) atoms. The maximum atomic E-state index is 12.0. The van der Waals surface area contributed by atoms with Crippen molar-refractivity contribution in [3.05, 3.63) is 66.0 Å². The van der Waals surface area contributed by atoms with Crippen LogP contribution in [0.3, 0.4) is 0 Å². The molecule has 126 valence electrons. The van der Waals surface area contributed by atoms with Crippen LogP contribution in [0.1, 0.15) is 16.2 Å². The lowest BCUT2D eigenvalue weighted by Crippen LogP contribution is -2.11. The van der Waals surface area contributed by atoms with Gasteiger partial charge in [0.05, 0.1) is 0 Å². The van der Waals surface area contributed by atoms with E-state index in [9.17, 15) is 9.90 Å². The third-order valence-electron chi connectivity index (χ3n) is 3.19. The van der Waals surface area contributed by atoms with E-state index in [0.29, 0.717) is 0 Å². The van der Waals surface area contributed by atoms with Crippen LogP contribution in [-0.2, 0) is 11.3 Å². The Morgan fingerprint density at radius 3 is 2.52 bits per heavy atom. The molecule has 0 radical (unpaired) electrons. The number of benzene rings is 2. The molecule has 0 aliphatic heterocycles. The van der Waals surface area contributed by atoms with Crippen LogP contribution in [-0.4, -0.2) is 26.0 Å². The fourth-order valence-corrected chi connectivity index (χ4v) is 2.06. The molecule has 0 fully saturated rings. The molecule has 0 amide bonds. The molecule has 1 aromatic heterocycles. The Bertz CT molecular complexity index is 886. The average molecular weight is 337 g/mol. The zero-order chi connectivity index (χ0) is 17.6. The summed E-state index contributed by atoms with van der Waals surface area (Å²) < 4.78 is 5.12. The average Bonchev–Trinajstić information content (AvgIpc) is 2.60. The molecule has 0 saturated heterocycles. The van der Waals surface area contributed by atoms with E-state index < -0.39 is 5.97 Å². The highest BCUT2D eigenvalue weighted by Crippen LogP contribution is 2.17. The number of phenols is 1. The maximum Gasteiger partial charge on any atom is 0.342 e. The summed E-state index contributed by atoms with van der Waals surface area (Å²) in [6.07, 6.45) is 0. The molecule has 3 aromatic rings. The first-order valence-electron chi connectivity index (χ1n) is 7.39. The minimum absolute atomic E-state index is 0.00189. The molecule has 3 rings (SSSR count). The molecule has 0 saturated carbocycles. The Balaban J connectivity index is 1.70. The molecule has 0 spiro atoms. The number of nitrogens with one attached hydrogen (secondary N) is 1. The summed E-state index contributed by atoms with van der Waals surface area (Å²) in [4.78, 5) is 24.1. The number of ether oxygens (including phenoxy) is 1. The van der Waals surface area contributed by atoms with Gasteiger partial charge in [-0.05, 0) is 24.3 Å². The van der Waals surface area contributed by atoms with E-state index in [0.717, 1.165) is 5.69 Å². The number of nitrogens with two attached hydrogens (primary N) is 1. The van der Waals surface area contributed by atoms with Crippen LogP contribution in [0.5, 0.6) is 5.75 Å². The van der Waals surface area contributed by atoms with Gasteiger partial charge in [0, 0.05) is 5.69 Å². The number of carbonyl (C=O) groups is 1. The van der Waals surface area contributed by atoms with Crippen LogP contribution in [0.4, 0.5) is 17.6 Å². The van der Waals surface area contributed by atoms with E-state index in [1.807, 2.05) is 30.3 Å². The fraction of sp³-hybridized carbons (Fsp3) is 0.0588. The topological polar surface area (TPSA) is 123 Å². The first-order chi connectivity index (χ1) is 12.1. The van der Waals surface area contributed by atoms with Crippen molar-refractivity contribution in [2.24, 2.45) is 0 Å². The Kier molecular flexibility index (Phi) is 4.70. The van der Waals surface area contributed by atoms with Crippen LogP contribution in [0.2, 0.25) is 0 Å². The summed E-state index contributed by atoms with van der Waals surface area (Å²) >= 11 is 0. The number of para-hydroxylation sites is 2. The highest BCUT2D eigenvalue weighted by atomic mass is 16.5. The summed E-state index contributed by atoms with van der Waals surface area (Å²) in [5.74, 6) is -0.409. The predicted molar refractivity (Wildman–Crippen MR) is 91.2 cm³/mol. The molecule has 4 N–H and O–H groups in total. The van der Waals surface area contributed by atoms with Gasteiger partial charge in [-0.25, -0.2) is 4.79 Å². The summed E-state index contributed by atoms with van der Waals surface area (Å²) in [5, 5.41) is 12.6. The second-order valence-corrected chi connectivity index (χ2v) is 5.02. The number of carbonyl (C=O) groups excluding carboxylic acids is 1.